The first-order chi connectivity index (χ1) is 8.65. The fourth-order valence-electron chi connectivity index (χ4n) is 5.61. The van der Waals surface area contributed by atoms with Gasteiger partial charge in [0.15, 0.2) is 0 Å². The van der Waals surface area contributed by atoms with Crippen molar-refractivity contribution in [2.24, 2.45) is 34.5 Å². The highest BCUT2D eigenvalue weighted by Gasteiger charge is 2.75. The molecule has 4 nitrogen and oxygen atoms in total. The van der Waals surface area contributed by atoms with E-state index in [2.05, 4.69) is 6.92 Å². The first-order valence-corrected chi connectivity index (χ1v) is 7.22. The van der Waals surface area contributed by atoms with Crippen LogP contribution in [0.5, 0.6) is 0 Å². The van der Waals surface area contributed by atoms with Crippen LogP contribution in [-0.4, -0.2) is 39.4 Å². The minimum absolute atomic E-state index is 0.0653. The topological polar surface area (TPSA) is 77.8 Å². The van der Waals surface area contributed by atoms with Gasteiger partial charge in [0.2, 0.25) is 0 Å². The Labute approximate surface area is 113 Å². The molecule has 8 atom stereocenters. The monoisotopic (exact) mass is 268 g/mol. The molecule has 1 unspecified atom stereocenters. The SMILES string of the molecule is C[C@@H]1CC(=O)C2[C@@H]3[C@H]1[C@]2(C)[C@H](O)[C@H](O)[C@@H](O)C3(C)C. The number of hydrogen-bond acceptors (Lipinski definition) is 4. The maximum atomic E-state index is 12.4. The molecule has 0 aliphatic heterocycles. The summed E-state index contributed by atoms with van der Waals surface area (Å²) in [6.45, 7) is 7.79. The van der Waals surface area contributed by atoms with E-state index >= 15 is 0 Å². The third kappa shape index (κ3) is 1.28. The normalized spacial score (nSPS) is 59.3. The fourth-order valence-corrected chi connectivity index (χ4v) is 5.61. The molecular weight excluding hydrogens is 244 g/mol. The molecule has 4 heteroatoms. The van der Waals surface area contributed by atoms with Gasteiger partial charge in [0.25, 0.3) is 0 Å². The lowest BCUT2D eigenvalue weighted by molar-refractivity contribution is -0.235. The molecule has 0 aromatic rings. The van der Waals surface area contributed by atoms with Crippen LogP contribution in [0.4, 0.5) is 0 Å². The summed E-state index contributed by atoms with van der Waals surface area (Å²) < 4.78 is 0. The molecular formula is C15H24O4. The van der Waals surface area contributed by atoms with E-state index in [-0.39, 0.29) is 29.5 Å². The molecule has 19 heavy (non-hydrogen) atoms. The highest BCUT2D eigenvalue weighted by molar-refractivity contribution is 5.86. The summed E-state index contributed by atoms with van der Waals surface area (Å²) >= 11 is 0. The van der Waals surface area contributed by atoms with Gasteiger partial charge < -0.3 is 15.3 Å². The third-order valence-corrected chi connectivity index (χ3v) is 6.52. The van der Waals surface area contributed by atoms with Gasteiger partial charge in [-0.3, -0.25) is 4.79 Å². The van der Waals surface area contributed by atoms with Crippen LogP contribution in [0, 0.1) is 34.5 Å². The Morgan fingerprint density at radius 1 is 1.05 bits per heavy atom. The van der Waals surface area contributed by atoms with Gasteiger partial charge in [0.1, 0.15) is 11.9 Å². The van der Waals surface area contributed by atoms with Gasteiger partial charge in [-0.25, -0.2) is 0 Å². The highest BCUT2D eigenvalue weighted by atomic mass is 16.4. The van der Waals surface area contributed by atoms with Crippen molar-refractivity contribution in [3.8, 4) is 0 Å². The van der Waals surface area contributed by atoms with E-state index in [1.54, 1.807) is 0 Å². The lowest BCUT2D eigenvalue weighted by atomic mass is 9.35. The van der Waals surface area contributed by atoms with Gasteiger partial charge in [-0.05, 0) is 23.2 Å². The second-order valence-electron chi connectivity index (χ2n) is 7.74. The van der Waals surface area contributed by atoms with Crippen LogP contribution in [0.25, 0.3) is 0 Å². The van der Waals surface area contributed by atoms with Crippen molar-refractivity contribution in [2.45, 2.75) is 52.4 Å². The Kier molecular flexibility index (Phi) is 2.56. The maximum Gasteiger partial charge on any atom is 0.137 e. The minimum Gasteiger partial charge on any atom is -0.390 e. The van der Waals surface area contributed by atoms with E-state index in [0.717, 1.165) is 0 Å². The van der Waals surface area contributed by atoms with Crippen LogP contribution in [-0.2, 0) is 4.79 Å². The van der Waals surface area contributed by atoms with Crippen molar-refractivity contribution in [3.05, 3.63) is 0 Å². The number of hydrogen-bond donors (Lipinski definition) is 3. The van der Waals surface area contributed by atoms with E-state index in [1.807, 2.05) is 20.8 Å². The van der Waals surface area contributed by atoms with Crippen LogP contribution in [0.2, 0.25) is 0 Å². The number of rotatable bonds is 0. The van der Waals surface area contributed by atoms with Gasteiger partial charge in [0.05, 0.1) is 12.2 Å². The Morgan fingerprint density at radius 3 is 2.16 bits per heavy atom. The van der Waals surface area contributed by atoms with Gasteiger partial charge in [-0.15, -0.1) is 0 Å². The second-order valence-corrected chi connectivity index (χ2v) is 7.74. The average Bonchev–Trinajstić information content (AvgIpc) is 2.36. The number of aliphatic hydroxyl groups excluding tert-OH is 3. The molecule has 0 heterocycles. The van der Waals surface area contributed by atoms with E-state index < -0.39 is 29.1 Å². The second kappa shape index (κ2) is 3.60. The van der Waals surface area contributed by atoms with Crippen LogP contribution < -0.4 is 0 Å². The zero-order valence-electron chi connectivity index (χ0n) is 12.0. The van der Waals surface area contributed by atoms with Crippen LogP contribution in [0.15, 0.2) is 0 Å². The van der Waals surface area contributed by atoms with Crippen LogP contribution in [0.1, 0.15) is 34.1 Å². The molecule has 3 N–H and O–H groups in total. The number of aliphatic hydroxyl groups is 3. The first kappa shape index (κ1) is 13.5. The van der Waals surface area contributed by atoms with Crippen molar-refractivity contribution in [3.63, 3.8) is 0 Å². The van der Waals surface area contributed by atoms with E-state index in [0.29, 0.717) is 6.42 Å². The molecule has 108 valence electrons. The summed E-state index contributed by atoms with van der Waals surface area (Å²) in [5.41, 5.74) is -1.12. The van der Waals surface area contributed by atoms with Crippen LogP contribution in [0.3, 0.4) is 0 Å². The predicted molar refractivity (Wildman–Crippen MR) is 69.2 cm³/mol. The van der Waals surface area contributed by atoms with Gasteiger partial charge in [-0.1, -0.05) is 27.7 Å². The average molecular weight is 268 g/mol. The van der Waals surface area contributed by atoms with Crippen molar-refractivity contribution in [1.82, 2.24) is 0 Å². The van der Waals surface area contributed by atoms with Crippen molar-refractivity contribution in [2.75, 3.05) is 0 Å². The largest absolute Gasteiger partial charge is 0.390 e. The molecule has 0 spiro atoms. The molecule has 4 aliphatic carbocycles. The summed E-state index contributed by atoms with van der Waals surface area (Å²) in [6, 6.07) is 0. The first-order valence-electron chi connectivity index (χ1n) is 7.22. The summed E-state index contributed by atoms with van der Waals surface area (Å²) in [5.74, 6) is 0.447. The van der Waals surface area contributed by atoms with E-state index in [9.17, 15) is 20.1 Å². The lowest BCUT2D eigenvalue weighted by Crippen LogP contribution is -2.70. The number of Topliss-reactive ketones (excluding diaryl/α,β-unsaturated/α-hetero) is 1. The molecule has 4 bridgehead atoms. The summed E-state index contributed by atoms with van der Waals surface area (Å²) in [7, 11) is 0. The third-order valence-electron chi connectivity index (χ3n) is 6.52. The van der Waals surface area contributed by atoms with Crippen molar-refractivity contribution >= 4 is 5.78 Å². The Morgan fingerprint density at radius 2 is 1.63 bits per heavy atom. The number of ketones is 1. The van der Waals surface area contributed by atoms with Crippen LogP contribution >= 0.6 is 0 Å². The van der Waals surface area contributed by atoms with Gasteiger partial charge >= 0.3 is 0 Å². The standard InChI is InChI=1S/C15H24O4/c1-6-5-7(16)9-10-8(6)15(9,4)13(19)11(17)12(18)14(10,2)3/h6,8-13,17-19H,5H2,1-4H3/t6-,8+,9?,10+,11-,12-,13-,15+/m1/s1. The molecule has 4 saturated carbocycles. The van der Waals surface area contributed by atoms with Gasteiger partial charge in [-0.2, -0.15) is 0 Å². The predicted octanol–water partition coefficient (Wildman–Crippen LogP) is 0.586. The highest BCUT2D eigenvalue weighted by Crippen LogP contribution is 2.72. The Hall–Kier alpha value is -0.450. The van der Waals surface area contributed by atoms with E-state index in [4.69, 9.17) is 0 Å². The summed E-state index contributed by atoms with van der Waals surface area (Å²) in [6.07, 6.45) is -2.62. The smallest absolute Gasteiger partial charge is 0.137 e. The minimum atomic E-state index is -1.17. The van der Waals surface area contributed by atoms with Crippen molar-refractivity contribution in [1.29, 1.82) is 0 Å². The molecule has 4 rings (SSSR count). The zero-order valence-corrected chi connectivity index (χ0v) is 12.0. The maximum absolute atomic E-state index is 12.4. The quantitative estimate of drug-likeness (QED) is 0.601. The number of fused-ring (bicyclic) bond motifs is 2. The number of carbonyl (C=O) groups excluding carboxylic acids is 1. The number of carbonyl (C=O) groups is 1. The Balaban J connectivity index is 2.16. The summed E-state index contributed by atoms with van der Waals surface area (Å²) in [5, 5.41) is 31.1. The molecule has 0 aromatic heterocycles. The Bertz CT molecular complexity index is 432. The molecule has 4 fully saturated rings. The van der Waals surface area contributed by atoms with Crippen molar-refractivity contribution < 1.29 is 20.1 Å². The van der Waals surface area contributed by atoms with Gasteiger partial charge in [0, 0.05) is 17.8 Å². The summed E-state index contributed by atoms with van der Waals surface area (Å²) in [4.78, 5) is 12.4. The lowest BCUT2D eigenvalue weighted by Gasteiger charge is -2.68. The van der Waals surface area contributed by atoms with E-state index in [1.165, 1.54) is 0 Å². The molecule has 4 aliphatic rings. The molecule has 0 aromatic carbocycles. The molecule has 0 amide bonds. The molecule has 0 radical (unpaired) electrons. The molecule has 0 saturated heterocycles. The zero-order chi connectivity index (χ0) is 14.3. The fraction of sp³-hybridized carbons (Fsp3) is 0.933.